The van der Waals surface area contributed by atoms with Crippen molar-refractivity contribution in [2.75, 3.05) is 0 Å². The molecule has 0 spiro atoms. The molecule has 0 fully saturated rings. The zero-order valence-electron chi connectivity index (χ0n) is 12.8. The summed E-state index contributed by atoms with van der Waals surface area (Å²) in [4.78, 5) is 11.2. The average Bonchev–Trinajstić information content (AvgIpc) is 2.26. The molecule has 0 amide bonds. The summed E-state index contributed by atoms with van der Waals surface area (Å²) in [6.45, 7) is 11.5. The van der Waals surface area contributed by atoms with Gasteiger partial charge in [-0.05, 0) is 27.2 Å². The van der Waals surface area contributed by atoms with Crippen molar-refractivity contribution in [1.29, 1.82) is 0 Å². The number of hydrogen-bond acceptors (Lipinski definition) is 3. The van der Waals surface area contributed by atoms with Crippen LogP contribution < -0.4 is 5.73 Å². The van der Waals surface area contributed by atoms with E-state index in [0.29, 0.717) is 0 Å². The maximum Gasteiger partial charge on any atom is 0.330 e. The molecule has 2 N–H and O–H groups in total. The van der Waals surface area contributed by atoms with E-state index in [4.69, 9.17) is 10.5 Å². The van der Waals surface area contributed by atoms with Gasteiger partial charge in [-0.3, -0.25) is 0 Å². The van der Waals surface area contributed by atoms with Crippen molar-refractivity contribution in [1.82, 2.24) is 0 Å². The number of unbranched alkanes of at least 4 members (excludes halogenated alkanes) is 3. The van der Waals surface area contributed by atoms with Crippen molar-refractivity contribution in [2.24, 2.45) is 11.7 Å². The zero-order valence-corrected chi connectivity index (χ0v) is 14.5. The van der Waals surface area contributed by atoms with Crippen LogP contribution >= 0.6 is 17.0 Å². The van der Waals surface area contributed by atoms with Gasteiger partial charge in [-0.15, -0.1) is 17.0 Å². The van der Waals surface area contributed by atoms with E-state index in [9.17, 15) is 4.79 Å². The highest BCUT2D eigenvalue weighted by atomic mass is 79.9. The largest absolute Gasteiger partial charge is 0.459 e. The Kier molecular flexibility index (Phi) is 11.5. The third-order valence-electron chi connectivity index (χ3n) is 3.36. The fourth-order valence-electron chi connectivity index (χ4n) is 2.32. The van der Waals surface area contributed by atoms with Crippen LogP contribution in [0.2, 0.25) is 0 Å². The van der Waals surface area contributed by atoms with E-state index in [-0.39, 0.29) is 40.5 Å². The van der Waals surface area contributed by atoms with Gasteiger partial charge >= 0.3 is 5.97 Å². The Hall–Kier alpha value is -0.350. The first-order chi connectivity index (χ1) is 8.32. The van der Waals surface area contributed by atoms with E-state index >= 15 is 0 Å². The summed E-state index contributed by atoms with van der Waals surface area (Å²) in [5.41, 5.74) is 5.86. The van der Waals surface area contributed by atoms with Crippen LogP contribution in [0.3, 0.4) is 0 Å². The third-order valence-corrected chi connectivity index (χ3v) is 3.36. The van der Waals surface area contributed by atoms with Gasteiger partial charge in [-0.1, -0.05) is 39.2 Å². The van der Waals surface area contributed by atoms with Gasteiger partial charge in [0.05, 0.1) is 0 Å². The molecule has 3 nitrogen and oxygen atoms in total. The topological polar surface area (TPSA) is 52.3 Å². The maximum atomic E-state index is 11.2. The smallest absolute Gasteiger partial charge is 0.330 e. The molecule has 2 atom stereocenters. The molecule has 0 bridgehead atoms. The Morgan fingerprint density at radius 1 is 1.37 bits per heavy atom. The molecular weight excluding hydrogens is 306 g/mol. The Bertz CT molecular complexity index is 261. The number of hydrogen-bond donors (Lipinski definition) is 1. The van der Waals surface area contributed by atoms with Crippen LogP contribution in [-0.4, -0.2) is 17.6 Å². The summed E-state index contributed by atoms with van der Waals surface area (Å²) < 4.78 is 5.31. The predicted octanol–water partition coefficient (Wildman–Crippen LogP) is 4.01. The van der Waals surface area contributed by atoms with Gasteiger partial charge in [0.15, 0.2) is 0 Å². The Labute approximate surface area is 128 Å². The van der Waals surface area contributed by atoms with Crippen molar-refractivity contribution in [2.45, 2.75) is 71.4 Å². The number of carbonyl (C=O) groups excluding carboxylic acids is 1. The Balaban J connectivity index is 0. The molecule has 0 aliphatic heterocycles. The Morgan fingerprint density at radius 2 is 1.95 bits per heavy atom. The van der Waals surface area contributed by atoms with Crippen LogP contribution in [-0.2, 0) is 9.53 Å². The second-order valence-corrected chi connectivity index (χ2v) is 5.62. The minimum absolute atomic E-state index is 0. The first kappa shape index (κ1) is 21.0. The van der Waals surface area contributed by atoms with Crippen LogP contribution in [0.4, 0.5) is 0 Å². The molecule has 0 aliphatic rings. The fraction of sp³-hybridized carbons (Fsp3) is 0.800. The molecular formula is C15H30BrNO2. The molecule has 0 aromatic rings. The van der Waals surface area contributed by atoms with Gasteiger partial charge in [-0.25, -0.2) is 4.79 Å². The molecule has 0 saturated carbocycles. The molecule has 0 saturated heterocycles. The number of nitrogens with two attached hydrogens (primary N) is 1. The second kappa shape index (κ2) is 10.4. The van der Waals surface area contributed by atoms with Gasteiger partial charge < -0.3 is 10.5 Å². The van der Waals surface area contributed by atoms with Crippen molar-refractivity contribution in [3.8, 4) is 0 Å². The molecule has 0 aromatic carbocycles. The molecule has 0 aromatic heterocycles. The lowest BCUT2D eigenvalue weighted by Crippen LogP contribution is -2.47. The summed E-state index contributed by atoms with van der Waals surface area (Å²) in [5, 5.41) is 0. The molecule has 0 radical (unpaired) electrons. The number of carbonyl (C=O) groups is 1. The molecule has 0 aliphatic carbocycles. The monoisotopic (exact) mass is 335 g/mol. The van der Waals surface area contributed by atoms with Crippen LogP contribution in [0.25, 0.3) is 0 Å². The standard InChI is InChI=1S/C15H29NO2.BrH/c1-6-8-9-10-11-13(15(4,5)16)12(3)18-14(17)7-2;/h7,12-13H,2,6,8-11,16H2,1,3-5H3;1H. The highest BCUT2D eigenvalue weighted by Gasteiger charge is 2.31. The van der Waals surface area contributed by atoms with Crippen LogP contribution in [0.5, 0.6) is 0 Å². The zero-order chi connectivity index (χ0) is 14.2. The summed E-state index contributed by atoms with van der Waals surface area (Å²) in [7, 11) is 0. The van der Waals surface area contributed by atoms with Gasteiger partial charge in [0.25, 0.3) is 0 Å². The quantitative estimate of drug-likeness (QED) is 0.393. The normalized spacial score (nSPS) is 14.2. The van der Waals surface area contributed by atoms with E-state index in [0.717, 1.165) is 12.8 Å². The van der Waals surface area contributed by atoms with Gasteiger partial charge in [0.1, 0.15) is 6.10 Å². The lowest BCUT2D eigenvalue weighted by Gasteiger charge is -2.34. The van der Waals surface area contributed by atoms with Crippen molar-refractivity contribution < 1.29 is 9.53 Å². The predicted molar refractivity (Wildman–Crippen MR) is 86.6 cm³/mol. The van der Waals surface area contributed by atoms with E-state index < -0.39 is 0 Å². The SMILES string of the molecule is Br.C=CC(=O)OC(C)C(CCCCCC)C(C)(C)N. The third kappa shape index (κ3) is 9.22. The summed E-state index contributed by atoms with van der Waals surface area (Å²) in [5.74, 6) is -0.191. The van der Waals surface area contributed by atoms with Gasteiger partial charge in [0, 0.05) is 17.5 Å². The number of halogens is 1. The minimum Gasteiger partial charge on any atom is -0.459 e. The van der Waals surface area contributed by atoms with E-state index in [1.807, 2.05) is 20.8 Å². The van der Waals surface area contributed by atoms with Crippen LogP contribution in [0.15, 0.2) is 12.7 Å². The van der Waals surface area contributed by atoms with Crippen molar-refractivity contribution >= 4 is 23.0 Å². The first-order valence-electron chi connectivity index (χ1n) is 6.94. The maximum absolute atomic E-state index is 11.2. The fourth-order valence-corrected chi connectivity index (χ4v) is 2.32. The molecule has 4 heteroatoms. The number of esters is 1. The van der Waals surface area contributed by atoms with Crippen LogP contribution in [0.1, 0.15) is 59.8 Å². The summed E-state index contributed by atoms with van der Waals surface area (Å²) in [6, 6.07) is 0. The lowest BCUT2D eigenvalue weighted by atomic mass is 9.80. The van der Waals surface area contributed by atoms with Gasteiger partial charge in [0.2, 0.25) is 0 Å². The van der Waals surface area contributed by atoms with E-state index in [1.165, 1.54) is 25.3 Å². The summed E-state index contributed by atoms with van der Waals surface area (Å²) >= 11 is 0. The lowest BCUT2D eigenvalue weighted by molar-refractivity contribution is -0.145. The van der Waals surface area contributed by atoms with Gasteiger partial charge in [-0.2, -0.15) is 0 Å². The second-order valence-electron chi connectivity index (χ2n) is 5.62. The number of ether oxygens (including phenoxy) is 1. The highest BCUT2D eigenvalue weighted by molar-refractivity contribution is 8.93. The highest BCUT2D eigenvalue weighted by Crippen LogP contribution is 2.26. The molecule has 19 heavy (non-hydrogen) atoms. The average molecular weight is 336 g/mol. The molecule has 2 unspecified atom stereocenters. The Morgan fingerprint density at radius 3 is 2.37 bits per heavy atom. The van der Waals surface area contributed by atoms with Crippen molar-refractivity contribution in [3.63, 3.8) is 0 Å². The van der Waals surface area contributed by atoms with Crippen molar-refractivity contribution in [3.05, 3.63) is 12.7 Å². The van der Waals surface area contributed by atoms with Crippen LogP contribution in [0, 0.1) is 5.92 Å². The first-order valence-corrected chi connectivity index (χ1v) is 6.94. The van der Waals surface area contributed by atoms with E-state index in [2.05, 4.69) is 13.5 Å². The summed E-state index contributed by atoms with van der Waals surface area (Å²) in [6.07, 6.45) is 6.84. The minimum atomic E-state index is -0.370. The van der Waals surface area contributed by atoms with E-state index in [1.54, 1.807) is 0 Å². The molecule has 0 rings (SSSR count). The molecule has 0 heterocycles. The molecule has 114 valence electrons. The number of rotatable bonds is 9.